The van der Waals surface area contributed by atoms with Crippen LogP contribution in [-0.2, 0) is 6.42 Å². The Bertz CT molecular complexity index is 977. The molecule has 1 atom stereocenters. The normalized spacial score (nSPS) is 16.5. The predicted molar refractivity (Wildman–Crippen MR) is 125 cm³/mol. The van der Waals surface area contributed by atoms with E-state index >= 15 is 0 Å². The van der Waals surface area contributed by atoms with Gasteiger partial charge in [0.2, 0.25) is 5.13 Å². The number of thioether (sulfide) groups is 1. The van der Waals surface area contributed by atoms with Gasteiger partial charge in [-0.15, -0.1) is 11.8 Å². The molecule has 30 heavy (non-hydrogen) atoms. The highest BCUT2D eigenvalue weighted by molar-refractivity contribution is 7.98. The van der Waals surface area contributed by atoms with Crippen molar-refractivity contribution in [2.24, 2.45) is 0 Å². The fourth-order valence-corrected chi connectivity index (χ4v) is 4.65. The molecule has 0 aliphatic carbocycles. The maximum atomic E-state index is 12.7. The van der Waals surface area contributed by atoms with E-state index in [0.717, 1.165) is 36.2 Å². The van der Waals surface area contributed by atoms with E-state index in [0.29, 0.717) is 6.54 Å². The lowest BCUT2D eigenvalue weighted by atomic mass is 10.1. The maximum Gasteiger partial charge on any atom is 0.322 e. The molecule has 1 fully saturated rings. The first-order valence-corrected chi connectivity index (χ1v) is 12.0. The number of carbonyl (C=O) groups excluding carboxylic acids is 1. The second-order valence-corrected chi connectivity index (χ2v) is 8.91. The summed E-state index contributed by atoms with van der Waals surface area (Å²) in [5.74, 6) is 0.850. The molecule has 4 rings (SSSR count). The Morgan fingerprint density at radius 1 is 1.17 bits per heavy atom. The number of hydrogen-bond donors (Lipinski definition) is 1. The molecule has 2 amide bonds. The van der Waals surface area contributed by atoms with Crippen LogP contribution >= 0.6 is 23.3 Å². The molecule has 156 valence electrons. The number of amides is 2. The van der Waals surface area contributed by atoms with Crippen molar-refractivity contribution in [1.82, 2.24) is 14.3 Å². The Balaban J connectivity index is 1.34. The van der Waals surface area contributed by atoms with Gasteiger partial charge in [-0.3, -0.25) is 0 Å². The highest BCUT2D eigenvalue weighted by atomic mass is 32.2. The van der Waals surface area contributed by atoms with Crippen molar-refractivity contribution >= 4 is 40.1 Å². The monoisotopic (exact) mass is 439 g/mol. The minimum atomic E-state index is -0.0546. The molecule has 1 unspecified atom stereocenters. The molecule has 0 bridgehead atoms. The second kappa shape index (κ2) is 9.49. The Morgan fingerprint density at radius 2 is 1.93 bits per heavy atom. The summed E-state index contributed by atoms with van der Waals surface area (Å²) in [6.45, 7) is 4.24. The molecule has 2 aromatic carbocycles. The summed E-state index contributed by atoms with van der Waals surface area (Å²) in [5.41, 5.74) is 2.03. The lowest BCUT2D eigenvalue weighted by Gasteiger charge is -2.39. The summed E-state index contributed by atoms with van der Waals surface area (Å²) in [6, 6.07) is 18.2. The summed E-state index contributed by atoms with van der Waals surface area (Å²) < 4.78 is 4.53. The van der Waals surface area contributed by atoms with E-state index in [9.17, 15) is 4.79 Å². The first kappa shape index (κ1) is 20.7. The molecule has 1 saturated heterocycles. The van der Waals surface area contributed by atoms with Crippen molar-refractivity contribution in [3.05, 3.63) is 66.0 Å². The van der Waals surface area contributed by atoms with Gasteiger partial charge in [-0.05, 0) is 43.0 Å². The highest BCUT2D eigenvalue weighted by Gasteiger charge is 2.29. The number of urea groups is 1. The number of rotatable bonds is 5. The van der Waals surface area contributed by atoms with Crippen molar-refractivity contribution in [2.75, 3.05) is 36.1 Å². The van der Waals surface area contributed by atoms with Crippen molar-refractivity contribution < 1.29 is 4.79 Å². The van der Waals surface area contributed by atoms with Gasteiger partial charge >= 0.3 is 6.03 Å². The van der Waals surface area contributed by atoms with Crippen molar-refractivity contribution in [3.63, 3.8) is 0 Å². The number of aromatic nitrogens is 2. The molecule has 3 aromatic rings. The zero-order valence-corrected chi connectivity index (χ0v) is 18.7. The molecule has 1 N–H and O–H groups in total. The summed E-state index contributed by atoms with van der Waals surface area (Å²) in [4.78, 5) is 22.8. The van der Waals surface area contributed by atoms with Gasteiger partial charge in [-0.25, -0.2) is 9.78 Å². The molecular formula is C22H25N5OS2. The van der Waals surface area contributed by atoms with Crippen LogP contribution in [0.15, 0.2) is 59.5 Å². The van der Waals surface area contributed by atoms with Crippen LogP contribution in [0.1, 0.15) is 18.3 Å². The highest BCUT2D eigenvalue weighted by Crippen LogP contribution is 2.23. The van der Waals surface area contributed by atoms with E-state index in [1.54, 1.807) is 11.8 Å². The van der Waals surface area contributed by atoms with Crippen LogP contribution < -0.4 is 10.2 Å². The number of anilines is 2. The largest absolute Gasteiger partial charge is 0.343 e. The van der Waals surface area contributed by atoms with Crippen molar-refractivity contribution in [2.45, 2.75) is 24.3 Å². The molecular weight excluding hydrogens is 414 g/mol. The Morgan fingerprint density at radius 3 is 2.63 bits per heavy atom. The number of benzene rings is 2. The minimum Gasteiger partial charge on any atom is -0.343 e. The van der Waals surface area contributed by atoms with Gasteiger partial charge in [0, 0.05) is 54.2 Å². The SMILES string of the molecule is CSc1ccc(NC(=O)N2CCN(c3nc(Cc4ccccc4)ns3)CC2C)cc1. The summed E-state index contributed by atoms with van der Waals surface area (Å²) >= 11 is 3.12. The maximum absolute atomic E-state index is 12.7. The standard InChI is InChI=1S/C22H25N5OS2/c1-16-15-26(22-24-20(25-30-22)14-17-6-4-3-5-7-17)12-13-27(16)21(28)23-18-8-10-19(29-2)11-9-18/h3-11,16H,12-15H2,1-2H3,(H,23,28). The number of nitrogens with one attached hydrogen (secondary N) is 1. The lowest BCUT2D eigenvalue weighted by molar-refractivity contribution is 0.185. The Labute approximate surface area is 185 Å². The van der Waals surface area contributed by atoms with Crippen LogP contribution in [0.2, 0.25) is 0 Å². The fraction of sp³-hybridized carbons (Fsp3) is 0.318. The predicted octanol–water partition coefficient (Wildman–Crippen LogP) is 4.59. The average molecular weight is 440 g/mol. The topological polar surface area (TPSA) is 61.4 Å². The summed E-state index contributed by atoms with van der Waals surface area (Å²) in [5, 5.41) is 3.94. The molecule has 0 saturated carbocycles. The van der Waals surface area contributed by atoms with Gasteiger partial charge in [0.15, 0.2) is 0 Å². The third kappa shape index (κ3) is 4.94. The van der Waals surface area contributed by atoms with Crippen LogP contribution in [-0.4, -0.2) is 52.2 Å². The second-order valence-electron chi connectivity index (χ2n) is 7.30. The summed E-state index contributed by atoms with van der Waals surface area (Å²) in [6.07, 6.45) is 2.78. The first-order chi connectivity index (χ1) is 14.6. The van der Waals surface area contributed by atoms with Gasteiger partial charge in [0.1, 0.15) is 5.82 Å². The first-order valence-electron chi connectivity index (χ1n) is 9.95. The van der Waals surface area contributed by atoms with Crippen molar-refractivity contribution in [3.8, 4) is 0 Å². The lowest BCUT2D eigenvalue weighted by Crippen LogP contribution is -2.55. The Kier molecular flexibility index (Phi) is 6.54. The molecule has 1 aliphatic heterocycles. The number of piperazine rings is 1. The van der Waals surface area contributed by atoms with Gasteiger partial charge in [0.25, 0.3) is 0 Å². The quantitative estimate of drug-likeness (QED) is 0.589. The van der Waals surface area contributed by atoms with Crippen LogP contribution in [0.3, 0.4) is 0 Å². The zero-order valence-electron chi connectivity index (χ0n) is 17.1. The molecule has 0 spiro atoms. The third-order valence-corrected chi connectivity index (χ3v) is 6.72. The van der Waals surface area contributed by atoms with E-state index in [2.05, 4.69) is 33.6 Å². The van der Waals surface area contributed by atoms with E-state index in [-0.39, 0.29) is 12.1 Å². The smallest absolute Gasteiger partial charge is 0.322 e. The van der Waals surface area contributed by atoms with Crippen LogP contribution in [0.4, 0.5) is 15.6 Å². The van der Waals surface area contributed by atoms with Crippen LogP contribution in [0, 0.1) is 0 Å². The van der Waals surface area contributed by atoms with Crippen LogP contribution in [0.25, 0.3) is 0 Å². The van der Waals surface area contributed by atoms with Crippen molar-refractivity contribution in [1.29, 1.82) is 0 Å². The van der Waals surface area contributed by atoms with E-state index in [4.69, 9.17) is 4.98 Å². The van der Waals surface area contributed by atoms with Crippen LogP contribution in [0.5, 0.6) is 0 Å². The van der Waals surface area contributed by atoms with E-state index in [1.165, 1.54) is 22.0 Å². The van der Waals surface area contributed by atoms with E-state index in [1.807, 2.05) is 53.6 Å². The number of nitrogens with zero attached hydrogens (tertiary/aromatic N) is 4. The summed E-state index contributed by atoms with van der Waals surface area (Å²) in [7, 11) is 0. The van der Waals surface area contributed by atoms with Gasteiger partial charge in [-0.1, -0.05) is 30.3 Å². The molecule has 1 aromatic heterocycles. The molecule has 0 radical (unpaired) electrons. The fourth-order valence-electron chi connectivity index (χ4n) is 3.53. The Hall–Kier alpha value is -2.58. The average Bonchev–Trinajstić information content (AvgIpc) is 3.23. The van der Waals surface area contributed by atoms with Gasteiger partial charge in [-0.2, -0.15) is 4.37 Å². The number of hydrogen-bond acceptors (Lipinski definition) is 6. The molecule has 1 aliphatic rings. The third-order valence-electron chi connectivity index (χ3n) is 5.16. The van der Waals surface area contributed by atoms with E-state index < -0.39 is 0 Å². The number of carbonyl (C=O) groups is 1. The molecule has 8 heteroatoms. The zero-order chi connectivity index (χ0) is 20.9. The van der Waals surface area contributed by atoms with Gasteiger partial charge in [0.05, 0.1) is 0 Å². The minimum absolute atomic E-state index is 0.0546. The molecule has 6 nitrogen and oxygen atoms in total. The molecule has 2 heterocycles. The van der Waals surface area contributed by atoms with Gasteiger partial charge < -0.3 is 15.1 Å².